The van der Waals surface area contributed by atoms with Crippen LogP contribution < -0.4 is 0 Å². The molecule has 2 heterocycles. The monoisotopic (exact) mass is 346 g/mol. The van der Waals surface area contributed by atoms with Gasteiger partial charge in [0.1, 0.15) is 11.1 Å². The van der Waals surface area contributed by atoms with Gasteiger partial charge in [-0.25, -0.2) is 4.98 Å². The van der Waals surface area contributed by atoms with E-state index in [-0.39, 0.29) is 12.1 Å². The zero-order chi connectivity index (χ0) is 16.8. The van der Waals surface area contributed by atoms with Gasteiger partial charge in [0, 0.05) is 31.4 Å². The summed E-state index contributed by atoms with van der Waals surface area (Å²) in [6.45, 7) is 3.43. The minimum absolute atomic E-state index is 0.0133. The van der Waals surface area contributed by atoms with Crippen LogP contribution in [0.25, 0.3) is 0 Å². The predicted molar refractivity (Wildman–Crippen MR) is 92.9 cm³/mol. The van der Waals surface area contributed by atoms with E-state index in [1.807, 2.05) is 11.4 Å². The molecule has 5 nitrogen and oxygen atoms in total. The number of ether oxygens (including phenoxy) is 2. The van der Waals surface area contributed by atoms with E-state index in [0.29, 0.717) is 19.4 Å². The van der Waals surface area contributed by atoms with Crippen molar-refractivity contribution in [3.63, 3.8) is 0 Å². The first kappa shape index (κ1) is 17.1. The lowest BCUT2D eigenvalue weighted by Crippen LogP contribution is -2.37. The molecule has 2 aromatic rings. The van der Waals surface area contributed by atoms with E-state index < -0.39 is 0 Å². The summed E-state index contributed by atoms with van der Waals surface area (Å²) in [5.41, 5.74) is 2.25. The highest BCUT2D eigenvalue weighted by atomic mass is 32.1. The van der Waals surface area contributed by atoms with Crippen molar-refractivity contribution >= 4 is 17.3 Å². The third-order valence-corrected chi connectivity index (χ3v) is 5.04. The summed E-state index contributed by atoms with van der Waals surface area (Å²) in [5, 5.41) is 3.00. The molecule has 0 unspecified atom stereocenters. The molecule has 1 aliphatic rings. The first-order valence-electron chi connectivity index (χ1n) is 8.13. The number of morpholine rings is 1. The van der Waals surface area contributed by atoms with E-state index in [0.717, 1.165) is 30.3 Å². The van der Waals surface area contributed by atoms with Crippen LogP contribution in [0, 0.1) is 0 Å². The second-order valence-electron chi connectivity index (χ2n) is 5.83. The fourth-order valence-corrected chi connectivity index (χ4v) is 3.65. The Balaban J connectivity index is 1.56. The molecule has 0 N–H and O–H groups in total. The number of nitrogens with zero attached hydrogens (tertiary/aromatic N) is 2. The minimum atomic E-state index is -0.201. The van der Waals surface area contributed by atoms with E-state index in [1.54, 1.807) is 11.3 Å². The Bertz CT molecular complexity index is 659. The number of hydrogen-bond donors (Lipinski definition) is 0. The molecule has 0 amide bonds. The lowest BCUT2D eigenvalue weighted by Gasteiger charge is -2.32. The van der Waals surface area contributed by atoms with Crippen LogP contribution in [-0.4, -0.2) is 42.7 Å². The maximum absolute atomic E-state index is 11.2. The highest BCUT2D eigenvalue weighted by Crippen LogP contribution is 2.26. The van der Waals surface area contributed by atoms with Gasteiger partial charge in [-0.3, -0.25) is 9.69 Å². The third kappa shape index (κ3) is 4.63. The van der Waals surface area contributed by atoms with Gasteiger partial charge >= 0.3 is 5.97 Å². The van der Waals surface area contributed by atoms with Gasteiger partial charge in [0.05, 0.1) is 25.8 Å². The number of carbonyl (C=O) groups is 1. The van der Waals surface area contributed by atoms with Gasteiger partial charge in [-0.1, -0.05) is 30.3 Å². The van der Waals surface area contributed by atoms with Gasteiger partial charge in [0.15, 0.2) is 0 Å². The quantitative estimate of drug-likeness (QED) is 0.753. The predicted octanol–water partition coefficient (Wildman–Crippen LogP) is 2.82. The average molecular weight is 346 g/mol. The Kier molecular flexibility index (Phi) is 5.96. The molecule has 1 fully saturated rings. The van der Waals surface area contributed by atoms with Crippen molar-refractivity contribution < 1.29 is 14.3 Å². The van der Waals surface area contributed by atoms with Crippen LogP contribution in [0.2, 0.25) is 0 Å². The van der Waals surface area contributed by atoms with Gasteiger partial charge < -0.3 is 9.47 Å². The fraction of sp³-hybridized carbons (Fsp3) is 0.444. The first-order valence-corrected chi connectivity index (χ1v) is 9.01. The Labute approximate surface area is 146 Å². The van der Waals surface area contributed by atoms with Crippen LogP contribution in [-0.2, 0) is 27.2 Å². The summed E-state index contributed by atoms with van der Waals surface area (Å²) in [7, 11) is 1.41. The highest BCUT2D eigenvalue weighted by molar-refractivity contribution is 7.09. The largest absolute Gasteiger partial charge is 0.469 e. The van der Waals surface area contributed by atoms with Gasteiger partial charge in [0.2, 0.25) is 0 Å². The number of esters is 1. The number of aromatic nitrogens is 1. The lowest BCUT2D eigenvalue weighted by molar-refractivity contribution is -0.140. The summed E-state index contributed by atoms with van der Waals surface area (Å²) >= 11 is 1.61. The standard InChI is InChI=1S/C18H22N2O3S/c1-22-17(21)8-7-15-13-24-18(19-15)16-12-20(9-10-23-16)11-14-5-3-2-4-6-14/h2-6,13,16H,7-12H2,1H3/t16-/m1/s1. The van der Waals surface area contributed by atoms with Crippen molar-refractivity contribution in [2.45, 2.75) is 25.5 Å². The van der Waals surface area contributed by atoms with E-state index in [9.17, 15) is 4.79 Å². The van der Waals surface area contributed by atoms with Crippen LogP contribution in [0.1, 0.15) is 28.8 Å². The molecule has 1 aromatic heterocycles. The van der Waals surface area contributed by atoms with Crippen molar-refractivity contribution in [1.82, 2.24) is 9.88 Å². The Hall–Kier alpha value is -1.76. The van der Waals surface area contributed by atoms with E-state index >= 15 is 0 Å². The number of hydrogen-bond acceptors (Lipinski definition) is 6. The van der Waals surface area contributed by atoms with Gasteiger partial charge in [-0.05, 0) is 5.56 Å². The zero-order valence-electron chi connectivity index (χ0n) is 13.8. The number of carbonyl (C=O) groups excluding carboxylic acids is 1. The van der Waals surface area contributed by atoms with Crippen LogP contribution in [0.15, 0.2) is 35.7 Å². The molecule has 0 bridgehead atoms. The molecule has 24 heavy (non-hydrogen) atoms. The second kappa shape index (κ2) is 8.37. The highest BCUT2D eigenvalue weighted by Gasteiger charge is 2.24. The normalized spacial score (nSPS) is 18.5. The van der Waals surface area contributed by atoms with Crippen LogP contribution >= 0.6 is 11.3 Å². The topological polar surface area (TPSA) is 51.7 Å². The van der Waals surface area contributed by atoms with Crippen molar-refractivity contribution in [2.75, 3.05) is 26.8 Å². The van der Waals surface area contributed by atoms with Crippen LogP contribution in [0.3, 0.4) is 0 Å². The third-order valence-electron chi connectivity index (χ3n) is 4.06. The molecule has 3 rings (SSSR count). The zero-order valence-corrected chi connectivity index (χ0v) is 14.6. The van der Waals surface area contributed by atoms with Crippen molar-refractivity contribution in [3.8, 4) is 0 Å². The summed E-state index contributed by atoms with van der Waals surface area (Å²) < 4.78 is 10.6. The van der Waals surface area contributed by atoms with Crippen LogP contribution in [0.5, 0.6) is 0 Å². The van der Waals surface area contributed by atoms with Crippen molar-refractivity contribution in [1.29, 1.82) is 0 Å². The summed E-state index contributed by atoms with van der Waals surface area (Å²) in [6, 6.07) is 10.5. The number of methoxy groups -OCH3 is 1. The molecule has 0 saturated carbocycles. The van der Waals surface area contributed by atoms with Crippen molar-refractivity contribution in [2.24, 2.45) is 0 Å². The summed E-state index contributed by atoms with van der Waals surface area (Å²) in [5.74, 6) is -0.201. The number of thiazole rings is 1. The molecule has 1 atom stereocenters. The molecule has 0 spiro atoms. The molecule has 1 aliphatic heterocycles. The maximum atomic E-state index is 11.2. The molecular weight excluding hydrogens is 324 g/mol. The van der Waals surface area contributed by atoms with E-state index in [1.165, 1.54) is 12.7 Å². The Morgan fingerprint density at radius 2 is 2.25 bits per heavy atom. The number of benzene rings is 1. The maximum Gasteiger partial charge on any atom is 0.305 e. The first-order chi connectivity index (χ1) is 11.7. The van der Waals surface area contributed by atoms with Gasteiger partial charge in [0.25, 0.3) is 0 Å². The second-order valence-corrected chi connectivity index (χ2v) is 6.72. The molecule has 0 aliphatic carbocycles. The van der Waals surface area contributed by atoms with E-state index in [2.05, 4.69) is 38.9 Å². The molecule has 0 radical (unpaired) electrons. The number of aryl methyl sites for hydroxylation is 1. The molecular formula is C18H22N2O3S. The molecule has 128 valence electrons. The van der Waals surface area contributed by atoms with Crippen molar-refractivity contribution in [3.05, 3.63) is 52.0 Å². The van der Waals surface area contributed by atoms with Gasteiger partial charge in [-0.15, -0.1) is 11.3 Å². The smallest absolute Gasteiger partial charge is 0.305 e. The molecule has 1 aromatic carbocycles. The Morgan fingerprint density at radius 1 is 1.42 bits per heavy atom. The lowest BCUT2D eigenvalue weighted by atomic mass is 10.2. The fourth-order valence-electron chi connectivity index (χ4n) is 2.75. The molecule has 1 saturated heterocycles. The van der Waals surface area contributed by atoms with Crippen LogP contribution in [0.4, 0.5) is 0 Å². The number of rotatable bonds is 6. The SMILES string of the molecule is COC(=O)CCc1csc([C@H]2CN(Cc3ccccc3)CCO2)n1. The Morgan fingerprint density at radius 3 is 3.04 bits per heavy atom. The minimum Gasteiger partial charge on any atom is -0.469 e. The van der Waals surface area contributed by atoms with E-state index in [4.69, 9.17) is 4.74 Å². The summed E-state index contributed by atoms with van der Waals surface area (Å²) in [4.78, 5) is 18.3. The summed E-state index contributed by atoms with van der Waals surface area (Å²) in [6.07, 6.45) is 0.994. The average Bonchev–Trinajstić information content (AvgIpc) is 3.10. The van der Waals surface area contributed by atoms with Gasteiger partial charge in [-0.2, -0.15) is 0 Å². The molecule has 6 heteroatoms.